The van der Waals surface area contributed by atoms with Gasteiger partial charge in [0, 0.05) is 4.47 Å². The van der Waals surface area contributed by atoms with Gasteiger partial charge in [0.15, 0.2) is 0 Å². The predicted octanol–water partition coefficient (Wildman–Crippen LogP) is 3.81. The van der Waals surface area contributed by atoms with Gasteiger partial charge in [0.05, 0.1) is 18.6 Å². The van der Waals surface area contributed by atoms with Gasteiger partial charge in [-0.2, -0.15) is 0 Å². The third-order valence-corrected chi connectivity index (χ3v) is 3.17. The highest BCUT2D eigenvalue weighted by atomic mass is 79.9. The normalized spacial score (nSPS) is 11.1. The number of rotatable bonds is 6. The van der Waals surface area contributed by atoms with E-state index >= 15 is 0 Å². The van der Waals surface area contributed by atoms with E-state index in [0.29, 0.717) is 19.6 Å². The SMILES string of the molecule is CCOC(=O)C(C)(C)CCOc1ccc(Br)cc1. The molecule has 18 heavy (non-hydrogen) atoms. The largest absolute Gasteiger partial charge is 0.494 e. The Morgan fingerprint density at radius 1 is 1.28 bits per heavy atom. The van der Waals surface area contributed by atoms with Gasteiger partial charge in [0.2, 0.25) is 0 Å². The molecule has 0 aliphatic rings. The number of carbonyl (C=O) groups is 1. The zero-order valence-corrected chi connectivity index (χ0v) is 12.6. The summed E-state index contributed by atoms with van der Waals surface area (Å²) in [5.74, 6) is 0.627. The molecule has 0 amide bonds. The van der Waals surface area contributed by atoms with Crippen LogP contribution in [-0.4, -0.2) is 19.2 Å². The van der Waals surface area contributed by atoms with Crippen LogP contribution in [0.5, 0.6) is 5.75 Å². The van der Waals surface area contributed by atoms with E-state index in [-0.39, 0.29) is 5.97 Å². The minimum atomic E-state index is -0.509. The fourth-order valence-electron chi connectivity index (χ4n) is 1.38. The molecule has 100 valence electrons. The topological polar surface area (TPSA) is 35.5 Å². The van der Waals surface area contributed by atoms with Crippen molar-refractivity contribution in [3.05, 3.63) is 28.7 Å². The minimum absolute atomic E-state index is 0.176. The van der Waals surface area contributed by atoms with Gasteiger partial charge in [0.25, 0.3) is 0 Å². The monoisotopic (exact) mass is 314 g/mol. The Kier molecular flexibility index (Phi) is 5.66. The first kappa shape index (κ1) is 15.0. The maximum Gasteiger partial charge on any atom is 0.311 e. The van der Waals surface area contributed by atoms with Crippen LogP contribution in [0.2, 0.25) is 0 Å². The van der Waals surface area contributed by atoms with Crippen LogP contribution >= 0.6 is 15.9 Å². The van der Waals surface area contributed by atoms with Gasteiger partial charge in [-0.25, -0.2) is 0 Å². The second kappa shape index (κ2) is 6.78. The zero-order chi connectivity index (χ0) is 13.6. The van der Waals surface area contributed by atoms with Gasteiger partial charge in [-0.15, -0.1) is 0 Å². The highest BCUT2D eigenvalue weighted by molar-refractivity contribution is 9.10. The summed E-state index contributed by atoms with van der Waals surface area (Å²) in [6.07, 6.45) is 0.627. The van der Waals surface area contributed by atoms with Crippen LogP contribution in [0.25, 0.3) is 0 Å². The third kappa shape index (κ3) is 4.69. The van der Waals surface area contributed by atoms with Crippen LogP contribution in [0.4, 0.5) is 0 Å². The first-order valence-electron chi connectivity index (χ1n) is 6.01. The van der Waals surface area contributed by atoms with Gasteiger partial charge in [-0.1, -0.05) is 15.9 Å². The molecule has 0 saturated carbocycles. The van der Waals surface area contributed by atoms with Crippen molar-refractivity contribution in [2.24, 2.45) is 5.41 Å². The summed E-state index contributed by atoms with van der Waals surface area (Å²) < 4.78 is 11.6. The summed E-state index contributed by atoms with van der Waals surface area (Å²) >= 11 is 3.36. The summed E-state index contributed by atoms with van der Waals surface area (Å²) in [6.45, 7) is 6.46. The molecule has 0 saturated heterocycles. The van der Waals surface area contributed by atoms with E-state index in [4.69, 9.17) is 9.47 Å². The first-order valence-corrected chi connectivity index (χ1v) is 6.80. The average Bonchev–Trinajstić information content (AvgIpc) is 2.32. The van der Waals surface area contributed by atoms with E-state index in [1.54, 1.807) is 0 Å². The Balaban J connectivity index is 2.41. The first-order chi connectivity index (χ1) is 8.45. The second-order valence-corrected chi connectivity index (χ2v) is 5.57. The maximum atomic E-state index is 11.7. The van der Waals surface area contributed by atoms with Crippen LogP contribution < -0.4 is 4.74 Å². The average molecular weight is 315 g/mol. The Morgan fingerprint density at radius 2 is 1.89 bits per heavy atom. The smallest absolute Gasteiger partial charge is 0.311 e. The van der Waals surface area contributed by atoms with E-state index in [2.05, 4.69) is 15.9 Å². The number of ether oxygens (including phenoxy) is 2. The molecular weight excluding hydrogens is 296 g/mol. The standard InChI is InChI=1S/C14H19BrO3/c1-4-17-13(16)14(2,3)9-10-18-12-7-5-11(15)6-8-12/h5-8H,4,9-10H2,1-3H3. The van der Waals surface area contributed by atoms with Gasteiger partial charge < -0.3 is 9.47 Å². The maximum absolute atomic E-state index is 11.7. The lowest BCUT2D eigenvalue weighted by Gasteiger charge is -2.22. The van der Waals surface area contributed by atoms with Crippen LogP contribution in [0, 0.1) is 5.41 Å². The van der Waals surface area contributed by atoms with Crippen molar-refractivity contribution in [1.82, 2.24) is 0 Å². The van der Waals surface area contributed by atoms with E-state index in [0.717, 1.165) is 10.2 Å². The fraction of sp³-hybridized carbons (Fsp3) is 0.500. The molecule has 1 aromatic rings. The second-order valence-electron chi connectivity index (χ2n) is 4.66. The molecule has 1 rings (SSSR count). The molecule has 0 aromatic heterocycles. The van der Waals surface area contributed by atoms with Crippen molar-refractivity contribution >= 4 is 21.9 Å². The Bertz CT molecular complexity index is 385. The summed E-state index contributed by atoms with van der Waals surface area (Å²) in [5.41, 5.74) is -0.509. The quantitative estimate of drug-likeness (QED) is 0.749. The van der Waals surface area contributed by atoms with E-state index in [1.807, 2.05) is 45.0 Å². The lowest BCUT2D eigenvalue weighted by Crippen LogP contribution is -2.28. The van der Waals surface area contributed by atoms with Gasteiger partial charge in [-0.05, 0) is 51.5 Å². The van der Waals surface area contributed by atoms with Crippen molar-refractivity contribution in [3.8, 4) is 5.75 Å². The zero-order valence-electron chi connectivity index (χ0n) is 11.0. The van der Waals surface area contributed by atoms with Crippen LogP contribution in [-0.2, 0) is 9.53 Å². The van der Waals surface area contributed by atoms with Gasteiger partial charge >= 0.3 is 5.97 Å². The van der Waals surface area contributed by atoms with Crippen molar-refractivity contribution < 1.29 is 14.3 Å². The number of esters is 1. The van der Waals surface area contributed by atoms with E-state index in [1.165, 1.54) is 0 Å². The minimum Gasteiger partial charge on any atom is -0.494 e. The predicted molar refractivity (Wildman–Crippen MR) is 74.7 cm³/mol. The highest BCUT2D eigenvalue weighted by Crippen LogP contribution is 2.23. The Morgan fingerprint density at radius 3 is 2.44 bits per heavy atom. The van der Waals surface area contributed by atoms with Crippen LogP contribution in [0.15, 0.2) is 28.7 Å². The lowest BCUT2D eigenvalue weighted by molar-refractivity contribution is -0.154. The molecule has 4 heteroatoms. The third-order valence-electron chi connectivity index (χ3n) is 2.64. The number of halogens is 1. The Labute approximate surface area is 117 Å². The molecule has 1 aromatic carbocycles. The molecule has 0 heterocycles. The molecule has 0 aliphatic heterocycles. The summed E-state index contributed by atoms with van der Waals surface area (Å²) in [4.78, 5) is 11.7. The molecule has 0 atom stereocenters. The fourth-order valence-corrected chi connectivity index (χ4v) is 1.65. The van der Waals surface area contributed by atoms with Crippen molar-refractivity contribution in [2.75, 3.05) is 13.2 Å². The van der Waals surface area contributed by atoms with Crippen molar-refractivity contribution in [1.29, 1.82) is 0 Å². The summed E-state index contributed by atoms with van der Waals surface area (Å²) in [7, 11) is 0. The molecule has 0 N–H and O–H groups in total. The lowest BCUT2D eigenvalue weighted by atomic mass is 9.90. The van der Waals surface area contributed by atoms with E-state index in [9.17, 15) is 4.79 Å². The number of hydrogen-bond acceptors (Lipinski definition) is 3. The van der Waals surface area contributed by atoms with E-state index < -0.39 is 5.41 Å². The summed E-state index contributed by atoms with van der Waals surface area (Å²) in [5, 5.41) is 0. The van der Waals surface area contributed by atoms with Crippen molar-refractivity contribution in [2.45, 2.75) is 27.2 Å². The summed E-state index contributed by atoms with van der Waals surface area (Å²) in [6, 6.07) is 7.63. The number of carbonyl (C=O) groups excluding carboxylic acids is 1. The van der Waals surface area contributed by atoms with Crippen LogP contribution in [0.1, 0.15) is 27.2 Å². The molecule has 0 spiro atoms. The van der Waals surface area contributed by atoms with Crippen molar-refractivity contribution in [3.63, 3.8) is 0 Å². The van der Waals surface area contributed by atoms with Crippen LogP contribution in [0.3, 0.4) is 0 Å². The molecule has 0 aliphatic carbocycles. The Hall–Kier alpha value is -1.03. The molecular formula is C14H19BrO3. The number of benzene rings is 1. The molecule has 3 nitrogen and oxygen atoms in total. The number of hydrogen-bond donors (Lipinski definition) is 0. The molecule has 0 unspecified atom stereocenters. The molecule has 0 radical (unpaired) electrons. The van der Waals surface area contributed by atoms with Gasteiger partial charge in [-0.3, -0.25) is 4.79 Å². The molecule has 0 bridgehead atoms. The highest BCUT2D eigenvalue weighted by Gasteiger charge is 2.28. The van der Waals surface area contributed by atoms with Gasteiger partial charge in [0.1, 0.15) is 5.75 Å². The molecule has 0 fully saturated rings.